The number of amides is 1. The molecule has 3 rings (SSSR count). The number of benzene rings is 1. The highest BCUT2D eigenvalue weighted by Gasteiger charge is 2.16. The topological polar surface area (TPSA) is 107 Å². The fourth-order valence-electron chi connectivity index (χ4n) is 2.50. The lowest BCUT2D eigenvalue weighted by Crippen LogP contribution is -2.45. The van der Waals surface area contributed by atoms with Gasteiger partial charge in [0.05, 0.1) is 11.0 Å². The second-order valence-electron chi connectivity index (χ2n) is 5.19. The third-order valence-corrected chi connectivity index (χ3v) is 3.62. The molecule has 110 valence electrons. The minimum atomic E-state index is -0.725. The summed E-state index contributed by atoms with van der Waals surface area (Å²) < 4.78 is 0. The summed E-state index contributed by atoms with van der Waals surface area (Å²) in [5.74, 6) is -0.183. The van der Waals surface area contributed by atoms with Gasteiger partial charge in [0, 0.05) is 18.2 Å². The van der Waals surface area contributed by atoms with Gasteiger partial charge in [-0.25, -0.2) is 0 Å². The number of fused-ring (bicyclic) bond motifs is 1. The van der Waals surface area contributed by atoms with Gasteiger partial charge in [-0.1, -0.05) is 0 Å². The molecule has 21 heavy (non-hydrogen) atoms. The molecule has 1 saturated heterocycles. The maximum Gasteiger partial charge on any atom is 0.314 e. The van der Waals surface area contributed by atoms with Crippen molar-refractivity contribution < 1.29 is 4.79 Å². The van der Waals surface area contributed by atoms with E-state index in [4.69, 9.17) is 0 Å². The summed E-state index contributed by atoms with van der Waals surface area (Å²) >= 11 is 0. The number of aromatic amines is 2. The van der Waals surface area contributed by atoms with Crippen LogP contribution in [0.15, 0.2) is 27.8 Å². The van der Waals surface area contributed by atoms with Crippen molar-refractivity contribution in [2.24, 2.45) is 0 Å². The highest BCUT2D eigenvalue weighted by molar-refractivity contribution is 5.97. The molecule has 1 amide bonds. The van der Waals surface area contributed by atoms with Crippen LogP contribution in [0.5, 0.6) is 0 Å². The van der Waals surface area contributed by atoms with E-state index in [1.165, 1.54) is 0 Å². The molecular formula is C14H16N4O3. The zero-order chi connectivity index (χ0) is 14.8. The molecule has 1 aliphatic heterocycles. The predicted octanol–water partition coefficient (Wildman–Crippen LogP) is -0.302. The number of carbonyl (C=O) groups excluding carboxylic acids is 1. The Labute approximate surface area is 119 Å². The van der Waals surface area contributed by atoms with Crippen LogP contribution in [-0.2, 0) is 0 Å². The lowest BCUT2D eigenvalue weighted by molar-refractivity contribution is 0.0931. The zero-order valence-corrected chi connectivity index (χ0v) is 11.4. The first-order valence-corrected chi connectivity index (χ1v) is 6.91. The number of hydrogen-bond acceptors (Lipinski definition) is 4. The highest BCUT2D eigenvalue weighted by Crippen LogP contribution is 2.10. The van der Waals surface area contributed by atoms with Gasteiger partial charge in [-0.3, -0.25) is 14.4 Å². The number of H-pyrrole nitrogens is 2. The van der Waals surface area contributed by atoms with E-state index in [1.54, 1.807) is 18.2 Å². The Balaban J connectivity index is 1.86. The Morgan fingerprint density at radius 3 is 2.62 bits per heavy atom. The van der Waals surface area contributed by atoms with Gasteiger partial charge in [0.1, 0.15) is 0 Å². The molecule has 1 aliphatic rings. The van der Waals surface area contributed by atoms with Crippen molar-refractivity contribution in [3.8, 4) is 0 Å². The van der Waals surface area contributed by atoms with Crippen molar-refractivity contribution in [2.75, 3.05) is 13.1 Å². The van der Waals surface area contributed by atoms with Crippen molar-refractivity contribution in [3.63, 3.8) is 0 Å². The van der Waals surface area contributed by atoms with Crippen LogP contribution in [0.3, 0.4) is 0 Å². The number of rotatable bonds is 2. The van der Waals surface area contributed by atoms with Gasteiger partial charge >= 0.3 is 11.1 Å². The third-order valence-electron chi connectivity index (χ3n) is 3.62. The van der Waals surface area contributed by atoms with Gasteiger partial charge in [0.15, 0.2) is 0 Å². The van der Waals surface area contributed by atoms with Crippen molar-refractivity contribution >= 4 is 16.9 Å². The van der Waals surface area contributed by atoms with Crippen molar-refractivity contribution in [3.05, 3.63) is 44.5 Å². The molecule has 1 aromatic heterocycles. The molecule has 7 nitrogen and oxygen atoms in total. The van der Waals surface area contributed by atoms with E-state index in [0.29, 0.717) is 16.6 Å². The third kappa shape index (κ3) is 2.87. The SMILES string of the molecule is O=C(N[C@H]1CCCNC1)c1ccc2[nH]c(=O)c(=O)[nH]c2c1. The number of piperidine rings is 1. The Bertz CT molecular complexity index is 787. The second kappa shape index (κ2) is 5.53. The molecule has 0 aliphatic carbocycles. The van der Waals surface area contributed by atoms with Crippen LogP contribution in [0.1, 0.15) is 23.2 Å². The fraction of sp³-hybridized carbons (Fsp3) is 0.357. The fourth-order valence-corrected chi connectivity index (χ4v) is 2.50. The van der Waals surface area contributed by atoms with Gasteiger partial charge < -0.3 is 20.6 Å². The maximum atomic E-state index is 12.2. The molecule has 0 radical (unpaired) electrons. The van der Waals surface area contributed by atoms with Crippen molar-refractivity contribution in [2.45, 2.75) is 18.9 Å². The Morgan fingerprint density at radius 2 is 1.90 bits per heavy atom. The highest BCUT2D eigenvalue weighted by atomic mass is 16.2. The zero-order valence-electron chi connectivity index (χ0n) is 11.4. The van der Waals surface area contributed by atoms with Crippen LogP contribution in [-0.4, -0.2) is 35.0 Å². The van der Waals surface area contributed by atoms with Crippen molar-refractivity contribution in [1.82, 2.24) is 20.6 Å². The summed E-state index contributed by atoms with van der Waals surface area (Å²) in [4.78, 5) is 39.7. The number of carbonyl (C=O) groups is 1. The van der Waals surface area contributed by atoms with Gasteiger partial charge in [0.2, 0.25) is 0 Å². The van der Waals surface area contributed by atoms with Crippen LogP contribution in [0.2, 0.25) is 0 Å². The Kier molecular flexibility index (Phi) is 3.57. The lowest BCUT2D eigenvalue weighted by Gasteiger charge is -2.23. The average molecular weight is 288 g/mol. The molecule has 1 aromatic carbocycles. The van der Waals surface area contributed by atoms with Gasteiger partial charge in [-0.05, 0) is 37.6 Å². The molecule has 2 heterocycles. The van der Waals surface area contributed by atoms with E-state index in [9.17, 15) is 14.4 Å². The molecule has 0 spiro atoms. The summed E-state index contributed by atoms with van der Waals surface area (Å²) in [6, 6.07) is 4.93. The van der Waals surface area contributed by atoms with Crippen LogP contribution >= 0.6 is 0 Å². The first-order chi connectivity index (χ1) is 10.1. The first-order valence-electron chi connectivity index (χ1n) is 6.91. The van der Waals surface area contributed by atoms with Crippen LogP contribution in [0.25, 0.3) is 11.0 Å². The monoisotopic (exact) mass is 288 g/mol. The molecule has 1 fully saturated rings. The molecule has 2 aromatic rings. The van der Waals surface area contributed by atoms with E-state index in [-0.39, 0.29) is 11.9 Å². The van der Waals surface area contributed by atoms with E-state index in [2.05, 4.69) is 20.6 Å². The van der Waals surface area contributed by atoms with Crippen molar-refractivity contribution in [1.29, 1.82) is 0 Å². The molecule has 1 atom stereocenters. The standard InChI is InChI=1S/C14H16N4O3/c19-12(16-9-2-1-5-15-7-9)8-3-4-10-11(6-8)18-14(21)13(20)17-10/h3-4,6,9,15H,1-2,5,7H2,(H,16,19)(H,17,20)(H,18,21)/t9-/m0/s1. The molecule has 7 heteroatoms. The average Bonchev–Trinajstić information content (AvgIpc) is 2.49. The number of nitrogens with one attached hydrogen (secondary N) is 4. The van der Waals surface area contributed by atoms with Crippen LogP contribution in [0.4, 0.5) is 0 Å². The largest absolute Gasteiger partial charge is 0.348 e. The van der Waals surface area contributed by atoms with E-state index >= 15 is 0 Å². The Hall–Kier alpha value is -2.41. The van der Waals surface area contributed by atoms with E-state index in [0.717, 1.165) is 25.9 Å². The van der Waals surface area contributed by atoms with Gasteiger partial charge in [0.25, 0.3) is 5.91 Å². The number of hydrogen-bond donors (Lipinski definition) is 4. The smallest absolute Gasteiger partial charge is 0.314 e. The minimum absolute atomic E-state index is 0.122. The van der Waals surface area contributed by atoms with Crippen LogP contribution in [0, 0.1) is 0 Å². The second-order valence-corrected chi connectivity index (χ2v) is 5.19. The molecule has 0 bridgehead atoms. The minimum Gasteiger partial charge on any atom is -0.348 e. The van der Waals surface area contributed by atoms with Gasteiger partial charge in [-0.2, -0.15) is 0 Å². The molecule has 0 unspecified atom stereocenters. The Morgan fingerprint density at radius 1 is 1.14 bits per heavy atom. The van der Waals surface area contributed by atoms with E-state index in [1.807, 2.05) is 0 Å². The van der Waals surface area contributed by atoms with Gasteiger partial charge in [-0.15, -0.1) is 0 Å². The summed E-state index contributed by atoms with van der Waals surface area (Å²) in [5.41, 5.74) is -0.0372. The maximum absolute atomic E-state index is 12.2. The lowest BCUT2D eigenvalue weighted by atomic mass is 10.1. The van der Waals surface area contributed by atoms with E-state index < -0.39 is 11.1 Å². The summed E-state index contributed by atoms with van der Waals surface area (Å²) in [6.07, 6.45) is 1.99. The quantitative estimate of drug-likeness (QED) is 0.569. The molecular weight excluding hydrogens is 272 g/mol. The summed E-state index contributed by atoms with van der Waals surface area (Å²) in [7, 11) is 0. The predicted molar refractivity (Wildman–Crippen MR) is 78.5 cm³/mol. The van der Waals surface area contributed by atoms with Crippen LogP contribution < -0.4 is 21.8 Å². The first kappa shape index (κ1) is 13.6. The molecule has 0 saturated carbocycles. The normalized spacial score (nSPS) is 18.6. The molecule has 4 N–H and O–H groups in total. The number of aromatic nitrogens is 2. The summed E-state index contributed by atoms with van der Waals surface area (Å²) in [6.45, 7) is 1.75. The summed E-state index contributed by atoms with van der Waals surface area (Å²) in [5, 5.41) is 6.19.